The highest BCUT2D eigenvalue weighted by Crippen LogP contribution is 2.24. The van der Waals surface area contributed by atoms with Gasteiger partial charge in [0.15, 0.2) is 0 Å². The maximum Gasteiger partial charge on any atom is 0.0834 e. The van der Waals surface area contributed by atoms with Crippen LogP contribution in [-0.2, 0) is 13.0 Å². The molecule has 1 unspecified atom stereocenters. The first-order valence-corrected chi connectivity index (χ1v) is 7.02. The van der Waals surface area contributed by atoms with E-state index in [0.717, 1.165) is 25.1 Å². The molecule has 0 aliphatic carbocycles. The molecule has 0 fully saturated rings. The molecule has 0 aliphatic rings. The number of nitrogens with two attached hydrogens (primary N) is 1. The van der Waals surface area contributed by atoms with Crippen LogP contribution in [0.5, 0.6) is 0 Å². The Balaban J connectivity index is 2.17. The van der Waals surface area contributed by atoms with Crippen molar-refractivity contribution in [3.63, 3.8) is 0 Å². The normalized spacial score (nSPS) is 12.6. The van der Waals surface area contributed by atoms with E-state index in [1.807, 2.05) is 4.68 Å². The van der Waals surface area contributed by atoms with Gasteiger partial charge >= 0.3 is 0 Å². The standard InChI is InChI=1S/C15H20ClN3/c1-3-8-19-15(13(16)10-18-19)14(17)9-12-6-4-11(2)5-7-12/h4-7,10,14H,3,8-9,17H2,1-2H3. The first kappa shape index (κ1) is 14.1. The summed E-state index contributed by atoms with van der Waals surface area (Å²) in [4.78, 5) is 0. The molecule has 4 heteroatoms. The van der Waals surface area contributed by atoms with E-state index < -0.39 is 0 Å². The summed E-state index contributed by atoms with van der Waals surface area (Å²) in [6.45, 7) is 5.05. The fourth-order valence-electron chi connectivity index (χ4n) is 2.21. The van der Waals surface area contributed by atoms with Gasteiger partial charge in [-0.15, -0.1) is 0 Å². The van der Waals surface area contributed by atoms with Crippen molar-refractivity contribution in [1.82, 2.24) is 9.78 Å². The van der Waals surface area contributed by atoms with Crippen molar-refractivity contribution in [1.29, 1.82) is 0 Å². The minimum Gasteiger partial charge on any atom is -0.322 e. The van der Waals surface area contributed by atoms with Crippen LogP contribution < -0.4 is 5.73 Å². The smallest absolute Gasteiger partial charge is 0.0834 e. The van der Waals surface area contributed by atoms with Crippen LogP contribution in [0.3, 0.4) is 0 Å². The van der Waals surface area contributed by atoms with Crippen molar-refractivity contribution in [2.24, 2.45) is 5.73 Å². The molecule has 2 rings (SSSR count). The molecule has 0 radical (unpaired) electrons. The lowest BCUT2D eigenvalue weighted by molar-refractivity contribution is 0.538. The van der Waals surface area contributed by atoms with E-state index in [9.17, 15) is 0 Å². The van der Waals surface area contributed by atoms with Gasteiger partial charge in [-0.2, -0.15) is 5.10 Å². The van der Waals surface area contributed by atoms with Crippen LogP contribution in [0.4, 0.5) is 0 Å². The van der Waals surface area contributed by atoms with Gasteiger partial charge < -0.3 is 5.73 Å². The summed E-state index contributed by atoms with van der Waals surface area (Å²) in [7, 11) is 0. The molecule has 3 nitrogen and oxygen atoms in total. The van der Waals surface area contributed by atoms with E-state index in [1.165, 1.54) is 11.1 Å². The van der Waals surface area contributed by atoms with Gasteiger partial charge in [0, 0.05) is 6.54 Å². The molecule has 0 bridgehead atoms. The molecule has 0 aliphatic heterocycles. The Hall–Kier alpha value is -1.32. The molecule has 1 atom stereocenters. The number of hydrogen-bond donors (Lipinski definition) is 1. The number of aromatic nitrogens is 2. The van der Waals surface area contributed by atoms with E-state index in [0.29, 0.717) is 5.02 Å². The molecule has 0 saturated heterocycles. The molecule has 1 heterocycles. The van der Waals surface area contributed by atoms with Gasteiger partial charge in [0.1, 0.15) is 0 Å². The summed E-state index contributed by atoms with van der Waals surface area (Å²) in [5.41, 5.74) is 9.71. The van der Waals surface area contributed by atoms with Gasteiger partial charge in [-0.25, -0.2) is 0 Å². The summed E-state index contributed by atoms with van der Waals surface area (Å²) in [5.74, 6) is 0. The molecule has 19 heavy (non-hydrogen) atoms. The zero-order valence-corrected chi connectivity index (χ0v) is 12.2. The van der Waals surface area contributed by atoms with Crippen LogP contribution in [0.1, 0.15) is 36.2 Å². The first-order chi connectivity index (χ1) is 9.11. The zero-order chi connectivity index (χ0) is 13.8. The topological polar surface area (TPSA) is 43.8 Å². The summed E-state index contributed by atoms with van der Waals surface area (Å²) >= 11 is 6.20. The fraction of sp³-hybridized carbons (Fsp3) is 0.400. The van der Waals surface area contributed by atoms with Crippen LogP contribution in [-0.4, -0.2) is 9.78 Å². The summed E-state index contributed by atoms with van der Waals surface area (Å²) < 4.78 is 1.92. The second-order valence-corrected chi connectivity index (χ2v) is 5.30. The largest absolute Gasteiger partial charge is 0.322 e. The Bertz CT molecular complexity index is 531. The predicted molar refractivity (Wildman–Crippen MR) is 79.3 cm³/mol. The van der Waals surface area contributed by atoms with E-state index in [-0.39, 0.29) is 6.04 Å². The van der Waals surface area contributed by atoms with Gasteiger partial charge in [0.2, 0.25) is 0 Å². The number of halogens is 1. The second-order valence-electron chi connectivity index (χ2n) is 4.90. The highest BCUT2D eigenvalue weighted by Gasteiger charge is 2.16. The highest BCUT2D eigenvalue weighted by molar-refractivity contribution is 6.31. The number of nitrogens with zero attached hydrogens (tertiary/aromatic N) is 2. The molecular formula is C15H20ClN3. The van der Waals surface area contributed by atoms with Gasteiger partial charge in [0.25, 0.3) is 0 Å². The van der Waals surface area contributed by atoms with Gasteiger partial charge in [-0.1, -0.05) is 48.4 Å². The van der Waals surface area contributed by atoms with Gasteiger partial charge in [0.05, 0.1) is 23.0 Å². The van der Waals surface area contributed by atoms with Crippen molar-refractivity contribution in [2.45, 2.75) is 39.3 Å². The molecule has 0 amide bonds. The van der Waals surface area contributed by atoms with Crippen molar-refractivity contribution in [3.8, 4) is 0 Å². The third-order valence-corrected chi connectivity index (χ3v) is 3.49. The third-order valence-electron chi connectivity index (χ3n) is 3.20. The second kappa shape index (κ2) is 6.22. The zero-order valence-electron chi connectivity index (χ0n) is 11.4. The van der Waals surface area contributed by atoms with Crippen LogP contribution in [0, 0.1) is 6.92 Å². The number of aryl methyl sites for hydroxylation is 2. The summed E-state index contributed by atoms with van der Waals surface area (Å²) in [6, 6.07) is 8.32. The average molecular weight is 278 g/mol. The monoisotopic (exact) mass is 277 g/mol. The van der Waals surface area contributed by atoms with Crippen molar-refractivity contribution in [2.75, 3.05) is 0 Å². The minimum absolute atomic E-state index is 0.121. The highest BCUT2D eigenvalue weighted by atomic mass is 35.5. The van der Waals surface area contributed by atoms with Crippen LogP contribution in [0.2, 0.25) is 5.02 Å². The number of rotatable bonds is 5. The molecular weight excluding hydrogens is 258 g/mol. The quantitative estimate of drug-likeness (QED) is 0.909. The maximum absolute atomic E-state index is 6.30. The molecule has 102 valence electrons. The van der Waals surface area contributed by atoms with Crippen molar-refractivity contribution < 1.29 is 0 Å². The van der Waals surface area contributed by atoms with Gasteiger partial charge in [-0.3, -0.25) is 4.68 Å². The Kier molecular flexibility index (Phi) is 4.61. The molecule has 1 aromatic heterocycles. The van der Waals surface area contributed by atoms with Gasteiger partial charge in [-0.05, 0) is 25.3 Å². The van der Waals surface area contributed by atoms with Crippen molar-refractivity contribution >= 4 is 11.6 Å². The Morgan fingerprint density at radius 3 is 2.63 bits per heavy atom. The van der Waals surface area contributed by atoms with Crippen LogP contribution >= 0.6 is 11.6 Å². The Morgan fingerprint density at radius 2 is 2.00 bits per heavy atom. The molecule has 2 aromatic rings. The SMILES string of the molecule is CCCn1ncc(Cl)c1C(N)Cc1ccc(C)cc1. The van der Waals surface area contributed by atoms with E-state index in [4.69, 9.17) is 17.3 Å². The minimum atomic E-state index is -0.121. The van der Waals surface area contributed by atoms with E-state index >= 15 is 0 Å². The molecule has 0 saturated carbocycles. The summed E-state index contributed by atoms with van der Waals surface area (Å²) in [5, 5.41) is 4.95. The lowest BCUT2D eigenvalue weighted by atomic mass is 10.0. The molecule has 1 aromatic carbocycles. The lowest BCUT2D eigenvalue weighted by Gasteiger charge is -2.15. The Morgan fingerprint density at radius 1 is 1.32 bits per heavy atom. The van der Waals surface area contributed by atoms with E-state index in [1.54, 1.807) is 6.20 Å². The fourth-order valence-corrected chi connectivity index (χ4v) is 2.49. The van der Waals surface area contributed by atoms with Crippen LogP contribution in [0.15, 0.2) is 30.5 Å². The predicted octanol–water partition coefficient (Wildman–Crippen LogP) is 3.50. The number of hydrogen-bond acceptors (Lipinski definition) is 2. The maximum atomic E-state index is 6.30. The average Bonchev–Trinajstić information content (AvgIpc) is 2.74. The van der Waals surface area contributed by atoms with Crippen molar-refractivity contribution in [3.05, 3.63) is 52.3 Å². The molecule has 0 spiro atoms. The first-order valence-electron chi connectivity index (χ1n) is 6.64. The van der Waals surface area contributed by atoms with Crippen LogP contribution in [0.25, 0.3) is 0 Å². The Labute approximate surface area is 119 Å². The lowest BCUT2D eigenvalue weighted by Crippen LogP contribution is -2.19. The molecule has 2 N–H and O–H groups in total. The number of benzene rings is 1. The van der Waals surface area contributed by atoms with E-state index in [2.05, 4.69) is 43.2 Å². The third kappa shape index (κ3) is 3.37. The summed E-state index contributed by atoms with van der Waals surface area (Å²) in [6.07, 6.45) is 3.47.